The lowest BCUT2D eigenvalue weighted by atomic mass is 9.99. The van der Waals surface area contributed by atoms with E-state index in [1.54, 1.807) is 0 Å². The fourth-order valence-corrected chi connectivity index (χ4v) is 1.52. The largest absolute Gasteiger partial charge is 0.355 e. The van der Waals surface area contributed by atoms with Gasteiger partial charge in [0.1, 0.15) is 0 Å². The molecule has 0 aliphatic heterocycles. The highest BCUT2D eigenvalue weighted by atomic mass is 127. The van der Waals surface area contributed by atoms with Crippen molar-refractivity contribution in [2.24, 2.45) is 5.92 Å². The van der Waals surface area contributed by atoms with Gasteiger partial charge in [-0.2, -0.15) is 0 Å². The van der Waals surface area contributed by atoms with Crippen LogP contribution >= 0.6 is 22.6 Å². The fourth-order valence-electron chi connectivity index (χ4n) is 1.25. The number of hydrogen-bond acceptors (Lipinski definition) is 1. The number of alkyl halides is 1. The van der Waals surface area contributed by atoms with Crippen LogP contribution in [0.3, 0.4) is 0 Å². The summed E-state index contributed by atoms with van der Waals surface area (Å²) in [5.74, 6) is 0.836. The highest BCUT2D eigenvalue weighted by molar-refractivity contribution is 14.1. The summed E-state index contributed by atoms with van der Waals surface area (Å²) in [4.78, 5) is 11.0. The van der Waals surface area contributed by atoms with Crippen molar-refractivity contribution in [1.29, 1.82) is 0 Å². The Hall–Kier alpha value is 0.200. The van der Waals surface area contributed by atoms with Crippen LogP contribution in [0.25, 0.3) is 0 Å². The van der Waals surface area contributed by atoms with E-state index in [1.165, 1.54) is 25.7 Å². The van der Waals surface area contributed by atoms with Gasteiger partial charge < -0.3 is 5.32 Å². The molecule has 1 atom stereocenters. The SMILES string of the molecule is CCCC[C@@H](CC)CNC(=O)CI. The molecule has 13 heavy (non-hydrogen) atoms. The predicted octanol–water partition coefficient (Wildman–Crippen LogP) is 2.75. The van der Waals surface area contributed by atoms with E-state index < -0.39 is 0 Å². The fraction of sp³-hybridized carbons (Fsp3) is 0.900. The third-order valence-corrected chi connectivity index (χ3v) is 2.95. The molecular weight excluding hydrogens is 277 g/mol. The summed E-state index contributed by atoms with van der Waals surface area (Å²) in [7, 11) is 0. The Labute approximate surface area is 95.0 Å². The van der Waals surface area contributed by atoms with Crippen molar-refractivity contribution in [3.63, 3.8) is 0 Å². The lowest BCUT2D eigenvalue weighted by Gasteiger charge is -2.14. The number of rotatable bonds is 7. The first-order chi connectivity index (χ1) is 6.24. The Morgan fingerprint density at radius 3 is 2.62 bits per heavy atom. The van der Waals surface area contributed by atoms with Gasteiger partial charge in [0, 0.05) is 6.54 Å². The molecule has 0 bridgehead atoms. The summed E-state index contributed by atoms with van der Waals surface area (Å²) in [6.07, 6.45) is 4.94. The van der Waals surface area contributed by atoms with Gasteiger partial charge in [0.25, 0.3) is 0 Å². The van der Waals surface area contributed by atoms with Crippen molar-refractivity contribution in [1.82, 2.24) is 5.32 Å². The predicted molar refractivity (Wildman–Crippen MR) is 65.2 cm³/mol. The van der Waals surface area contributed by atoms with Gasteiger partial charge >= 0.3 is 0 Å². The van der Waals surface area contributed by atoms with Crippen molar-refractivity contribution in [2.75, 3.05) is 11.0 Å². The molecule has 0 unspecified atom stereocenters. The average molecular weight is 297 g/mol. The number of carbonyl (C=O) groups excluding carboxylic acids is 1. The van der Waals surface area contributed by atoms with Gasteiger partial charge in [0.15, 0.2) is 0 Å². The number of carbonyl (C=O) groups is 1. The van der Waals surface area contributed by atoms with Crippen LogP contribution in [0.15, 0.2) is 0 Å². The van der Waals surface area contributed by atoms with Gasteiger partial charge in [-0.25, -0.2) is 0 Å². The minimum Gasteiger partial charge on any atom is -0.355 e. The van der Waals surface area contributed by atoms with Crippen molar-refractivity contribution in [2.45, 2.75) is 39.5 Å². The molecule has 0 aromatic heterocycles. The molecule has 0 aromatic rings. The highest BCUT2D eigenvalue weighted by Crippen LogP contribution is 2.10. The summed E-state index contributed by atoms with van der Waals surface area (Å²) < 4.78 is 0.571. The van der Waals surface area contributed by atoms with E-state index in [4.69, 9.17) is 0 Å². The summed E-state index contributed by atoms with van der Waals surface area (Å²) in [6, 6.07) is 0. The van der Waals surface area contributed by atoms with Crippen LogP contribution in [0, 0.1) is 5.92 Å². The maximum absolute atomic E-state index is 11.0. The minimum absolute atomic E-state index is 0.163. The van der Waals surface area contributed by atoms with E-state index in [-0.39, 0.29) is 5.91 Å². The van der Waals surface area contributed by atoms with E-state index in [9.17, 15) is 4.79 Å². The van der Waals surface area contributed by atoms with Crippen LogP contribution in [0.4, 0.5) is 0 Å². The normalized spacial score (nSPS) is 12.5. The maximum atomic E-state index is 11.0. The number of amides is 1. The standard InChI is InChI=1S/C10H20INO/c1-3-5-6-9(4-2)8-12-10(13)7-11/h9H,3-8H2,1-2H3,(H,12,13)/t9-/m1/s1. The highest BCUT2D eigenvalue weighted by Gasteiger charge is 2.06. The van der Waals surface area contributed by atoms with Crippen LogP contribution in [0.5, 0.6) is 0 Å². The molecule has 0 aliphatic rings. The van der Waals surface area contributed by atoms with Crippen molar-refractivity contribution in [3.8, 4) is 0 Å². The molecule has 0 aromatic carbocycles. The average Bonchev–Trinajstić information content (AvgIpc) is 2.17. The Morgan fingerprint density at radius 2 is 2.15 bits per heavy atom. The molecule has 0 aliphatic carbocycles. The second-order valence-corrected chi connectivity index (χ2v) is 4.12. The second-order valence-electron chi connectivity index (χ2n) is 3.35. The molecule has 0 fully saturated rings. The van der Waals surface area contributed by atoms with E-state index in [1.807, 2.05) is 0 Å². The summed E-state index contributed by atoms with van der Waals surface area (Å²) in [6.45, 7) is 5.25. The van der Waals surface area contributed by atoms with Crippen LogP contribution in [-0.4, -0.2) is 16.9 Å². The smallest absolute Gasteiger partial charge is 0.229 e. The maximum Gasteiger partial charge on any atom is 0.229 e. The molecule has 1 N–H and O–H groups in total. The molecule has 0 radical (unpaired) electrons. The molecule has 0 saturated carbocycles. The summed E-state index contributed by atoms with van der Waals surface area (Å²) in [5.41, 5.74) is 0. The van der Waals surface area contributed by atoms with E-state index >= 15 is 0 Å². The Bertz CT molecular complexity index is 139. The second kappa shape index (κ2) is 8.78. The van der Waals surface area contributed by atoms with Gasteiger partial charge in [0.05, 0.1) is 4.43 Å². The lowest BCUT2D eigenvalue weighted by molar-refractivity contribution is -0.118. The molecule has 2 nitrogen and oxygen atoms in total. The minimum atomic E-state index is 0.163. The molecule has 0 heterocycles. The topological polar surface area (TPSA) is 29.1 Å². The van der Waals surface area contributed by atoms with Crippen LogP contribution in [0.1, 0.15) is 39.5 Å². The van der Waals surface area contributed by atoms with Crippen molar-refractivity contribution >= 4 is 28.5 Å². The van der Waals surface area contributed by atoms with Crippen molar-refractivity contribution in [3.05, 3.63) is 0 Å². The zero-order valence-corrected chi connectivity index (χ0v) is 10.8. The Morgan fingerprint density at radius 1 is 1.46 bits per heavy atom. The van der Waals surface area contributed by atoms with E-state index in [0.717, 1.165) is 6.54 Å². The first-order valence-electron chi connectivity index (χ1n) is 5.07. The quantitative estimate of drug-likeness (QED) is 0.568. The Balaban J connectivity index is 3.52. The molecule has 78 valence electrons. The van der Waals surface area contributed by atoms with Gasteiger partial charge in [-0.3, -0.25) is 4.79 Å². The van der Waals surface area contributed by atoms with E-state index in [0.29, 0.717) is 10.3 Å². The summed E-state index contributed by atoms with van der Waals surface area (Å²) in [5, 5.41) is 2.95. The van der Waals surface area contributed by atoms with Crippen LogP contribution in [0.2, 0.25) is 0 Å². The number of unbranched alkanes of at least 4 members (excludes halogenated alkanes) is 1. The molecular formula is C10H20INO. The molecule has 0 rings (SSSR count). The van der Waals surface area contributed by atoms with Gasteiger partial charge in [-0.1, -0.05) is 55.7 Å². The lowest BCUT2D eigenvalue weighted by Crippen LogP contribution is -2.29. The number of halogens is 1. The molecule has 3 heteroatoms. The molecule has 0 saturated heterocycles. The van der Waals surface area contributed by atoms with E-state index in [2.05, 4.69) is 41.8 Å². The zero-order chi connectivity index (χ0) is 10.1. The number of nitrogens with one attached hydrogen (secondary N) is 1. The first-order valence-corrected chi connectivity index (χ1v) is 6.59. The third kappa shape index (κ3) is 7.28. The molecule has 1 amide bonds. The summed E-state index contributed by atoms with van der Waals surface area (Å²) >= 11 is 2.09. The van der Waals surface area contributed by atoms with Gasteiger partial charge in [0.2, 0.25) is 5.91 Å². The van der Waals surface area contributed by atoms with Crippen LogP contribution < -0.4 is 5.32 Å². The first kappa shape index (κ1) is 13.2. The van der Waals surface area contributed by atoms with Crippen molar-refractivity contribution < 1.29 is 4.79 Å². The van der Waals surface area contributed by atoms with Gasteiger partial charge in [-0.15, -0.1) is 0 Å². The monoisotopic (exact) mass is 297 g/mol. The molecule has 0 spiro atoms. The number of hydrogen-bond donors (Lipinski definition) is 1. The van der Waals surface area contributed by atoms with Gasteiger partial charge in [-0.05, 0) is 12.3 Å². The Kier molecular flexibility index (Phi) is 8.92. The zero-order valence-electron chi connectivity index (χ0n) is 8.61. The third-order valence-electron chi connectivity index (χ3n) is 2.25. The van der Waals surface area contributed by atoms with Crippen LogP contribution in [-0.2, 0) is 4.79 Å².